The lowest BCUT2D eigenvalue weighted by molar-refractivity contribution is 0.0695. The molecular formula is C24H28N2O4. The van der Waals surface area contributed by atoms with E-state index in [1.54, 1.807) is 14.2 Å². The van der Waals surface area contributed by atoms with Crippen LogP contribution in [0.25, 0.3) is 5.69 Å². The Balaban J connectivity index is 1.77. The summed E-state index contributed by atoms with van der Waals surface area (Å²) in [4.78, 5) is 12.0. The number of nitrogens with zero attached hydrogens (tertiary/aromatic N) is 1. The molecule has 0 bridgehead atoms. The molecule has 3 rings (SSSR count). The van der Waals surface area contributed by atoms with Crippen molar-refractivity contribution in [2.75, 3.05) is 20.8 Å². The molecule has 0 aliphatic carbocycles. The SMILES string of the molecule is COc1ccc(CCNCc2c(C(=O)O)c(C)n(-c3ccccc3)c2C)c(OC)c1. The van der Waals surface area contributed by atoms with Crippen molar-refractivity contribution in [3.05, 3.63) is 76.6 Å². The number of nitrogens with one attached hydrogen (secondary N) is 1. The largest absolute Gasteiger partial charge is 0.497 e. The highest BCUT2D eigenvalue weighted by Crippen LogP contribution is 2.27. The van der Waals surface area contributed by atoms with Crippen molar-refractivity contribution in [2.45, 2.75) is 26.8 Å². The van der Waals surface area contributed by atoms with Crippen LogP contribution in [0.5, 0.6) is 11.5 Å². The van der Waals surface area contributed by atoms with Gasteiger partial charge in [0.05, 0.1) is 19.8 Å². The number of carboxylic acids is 1. The van der Waals surface area contributed by atoms with Crippen LogP contribution in [0.15, 0.2) is 48.5 Å². The van der Waals surface area contributed by atoms with Crippen LogP contribution in [0.3, 0.4) is 0 Å². The van der Waals surface area contributed by atoms with Crippen molar-refractivity contribution in [1.29, 1.82) is 0 Å². The summed E-state index contributed by atoms with van der Waals surface area (Å²) in [6.45, 7) is 4.99. The lowest BCUT2D eigenvalue weighted by atomic mass is 10.1. The minimum atomic E-state index is -0.904. The third kappa shape index (κ3) is 4.33. The summed E-state index contributed by atoms with van der Waals surface area (Å²) in [6.07, 6.45) is 0.757. The number of carboxylic acid groups (broad SMARTS) is 1. The molecule has 2 aromatic carbocycles. The van der Waals surface area contributed by atoms with Gasteiger partial charge in [0.2, 0.25) is 0 Å². The fourth-order valence-corrected chi connectivity index (χ4v) is 3.86. The standard InChI is InChI=1S/C24H28N2O4/c1-16-21(15-25-13-12-18-10-11-20(29-3)14-22(18)30-4)23(24(27)28)17(2)26(16)19-8-6-5-7-9-19/h5-11,14,25H,12-13,15H2,1-4H3,(H,27,28). The van der Waals surface area contributed by atoms with Crippen molar-refractivity contribution in [2.24, 2.45) is 0 Å². The van der Waals surface area contributed by atoms with Crippen LogP contribution in [0.4, 0.5) is 0 Å². The van der Waals surface area contributed by atoms with Gasteiger partial charge in [-0.25, -0.2) is 4.79 Å². The molecule has 0 radical (unpaired) electrons. The summed E-state index contributed by atoms with van der Waals surface area (Å²) >= 11 is 0. The van der Waals surface area contributed by atoms with Gasteiger partial charge in [-0.15, -0.1) is 0 Å². The molecule has 6 nitrogen and oxygen atoms in total. The Morgan fingerprint density at radius 1 is 1.03 bits per heavy atom. The average molecular weight is 408 g/mol. The molecule has 0 unspecified atom stereocenters. The monoisotopic (exact) mass is 408 g/mol. The van der Waals surface area contributed by atoms with Gasteiger partial charge in [-0.05, 0) is 50.6 Å². The van der Waals surface area contributed by atoms with Crippen LogP contribution in [0, 0.1) is 13.8 Å². The second-order valence-corrected chi connectivity index (χ2v) is 7.11. The Bertz CT molecular complexity index is 1030. The van der Waals surface area contributed by atoms with Gasteiger partial charge < -0.3 is 24.5 Å². The maximum Gasteiger partial charge on any atom is 0.337 e. The van der Waals surface area contributed by atoms with E-state index < -0.39 is 5.97 Å². The Morgan fingerprint density at radius 2 is 1.77 bits per heavy atom. The van der Waals surface area contributed by atoms with Gasteiger partial charge in [0.1, 0.15) is 11.5 Å². The lowest BCUT2D eigenvalue weighted by Gasteiger charge is -2.12. The van der Waals surface area contributed by atoms with E-state index in [2.05, 4.69) is 5.32 Å². The summed E-state index contributed by atoms with van der Waals surface area (Å²) < 4.78 is 12.7. The average Bonchev–Trinajstić information content (AvgIpc) is 3.01. The molecule has 0 aliphatic heterocycles. The van der Waals surface area contributed by atoms with Crippen molar-refractivity contribution in [3.63, 3.8) is 0 Å². The molecule has 0 atom stereocenters. The highest BCUT2D eigenvalue weighted by molar-refractivity contribution is 5.91. The van der Waals surface area contributed by atoms with Crippen LogP contribution in [0.1, 0.15) is 32.9 Å². The van der Waals surface area contributed by atoms with Gasteiger partial charge in [0.15, 0.2) is 0 Å². The van der Waals surface area contributed by atoms with E-state index in [9.17, 15) is 9.90 Å². The number of ether oxygens (including phenoxy) is 2. The van der Waals surface area contributed by atoms with E-state index in [0.29, 0.717) is 18.7 Å². The lowest BCUT2D eigenvalue weighted by Crippen LogP contribution is -2.19. The van der Waals surface area contributed by atoms with Gasteiger partial charge in [-0.3, -0.25) is 0 Å². The van der Waals surface area contributed by atoms with Crippen LogP contribution in [-0.2, 0) is 13.0 Å². The van der Waals surface area contributed by atoms with Crippen molar-refractivity contribution in [3.8, 4) is 17.2 Å². The molecule has 0 spiro atoms. The number of aromatic nitrogens is 1. The first-order valence-electron chi connectivity index (χ1n) is 9.89. The van der Waals surface area contributed by atoms with E-state index in [1.807, 2.05) is 66.9 Å². The van der Waals surface area contributed by atoms with Crippen LogP contribution >= 0.6 is 0 Å². The molecule has 0 saturated heterocycles. The highest BCUT2D eigenvalue weighted by atomic mass is 16.5. The van der Waals surface area contributed by atoms with Gasteiger partial charge in [0, 0.05) is 35.2 Å². The second kappa shape index (κ2) is 9.50. The Labute approximate surface area is 177 Å². The Kier molecular flexibility index (Phi) is 6.79. The molecule has 1 aromatic heterocycles. The van der Waals surface area contributed by atoms with Crippen molar-refractivity contribution >= 4 is 5.97 Å². The van der Waals surface area contributed by atoms with Gasteiger partial charge in [-0.2, -0.15) is 0 Å². The van der Waals surface area contributed by atoms with E-state index >= 15 is 0 Å². The van der Waals surface area contributed by atoms with Crippen LogP contribution in [0.2, 0.25) is 0 Å². The zero-order chi connectivity index (χ0) is 21.7. The molecular weight excluding hydrogens is 380 g/mol. The van der Waals surface area contributed by atoms with Crippen LogP contribution < -0.4 is 14.8 Å². The molecule has 0 fully saturated rings. The summed E-state index contributed by atoms with van der Waals surface area (Å²) in [7, 11) is 3.27. The molecule has 0 aliphatic rings. The summed E-state index contributed by atoms with van der Waals surface area (Å²) in [5, 5.41) is 13.2. The zero-order valence-corrected chi connectivity index (χ0v) is 17.9. The third-order valence-corrected chi connectivity index (χ3v) is 5.37. The first kappa shape index (κ1) is 21.5. The summed E-state index contributed by atoms with van der Waals surface area (Å²) in [5.41, 5.74) is 4.88. The number of hydrogen-bond acceptors (Lipinski definition) is 4. The quantitative estimate of drug-likeness (QED) is 0.521. The van der Waals surface area contributed by atoms with Gasteiger partial charge >= 0.3 is 5.97 Å². The third-order valence-electron chi connectivity index (χ3n) is 5.37. The van der Waals surface area contributed by atoms with E-state index in [-0.39, 0.29) is 0 Å². The first-order valence-corrected chi connectivity index (χ1v) is 9.89. The molecule has 1 heterocycles. The topological polar surface area (TPSA) is 72.7 Å². The van der Waals surface area contributed by atoms with Gasteiger partial charge in [-0.1, -0.05) is 24.3 Å². The smallest absolute Gasteiger partial charge is 0.337 e. The fourth-order valence-electron chi connectivity index (χ4n) is 3.86. The maximum absolute atomic E-state index is 12.0. The fraction of sp³-hybridized carbons (Fsp3) is 0.292. The minimum Gasteiger partial charge on any atom is -0.497 e. The molecule has 2 N–H and O–H groups in total. The van der Waals surface area contributed by atoms with Crippen molar-refractivity contribution in [1.82, 2.24) is 9.88 Å². The maximum atomic E-state index is 12.0. The number of para-hydroxylation sites is 1. The number of carbonyl (C=O) groups is 1. The zero-order valence-electron chi connectivity index (χ0n) is 17.9. The van der Waals surface area contributed by atoms with E-state index in [1.165, 1.54) is 0 Å². The predicted octanol–water partition coefficient (Wildman–Crippen LogP) is 4.14. The number of benzene rings is 2. The molecule has 30 heavy (non-hydrogen) atoms. The minimum absolute atomic E-state index is 0.367. The predicted molar refractivity (Wildman–Crippen MR) is 117 cm³/mol. The number of aromatic carboxylic acids is 1. The second-order valence-electron chi connectivity index (χ2n) is 7.11. The normalized spacial score (nSPS) is 10.8. The van der Waals surface area contributed by atoms with E-state index in [0.717, 1.165) is 46.1 Å². The van der Waals surface area contributed by atoms with Gasteiger partial charge in [0.25, 0.3) is 0 Å². The molecule has 6 heteroatoms. The van der Waals surface area contributed by atoms with E-state index in [4.69, 9.17) is 9.47 Å². The summed E-state index contributed by atoms with van der Waals surface area (Å²) in [5.74, 6) is 0.631. The van der Waals surface area contributed by atoms with Crippen molar-refractivity contribution < 1.29 is 19.4 Å². The molecule has 3 aromatic rings. The highest BCUT2D eigenvalue weighted by Gasteiger charge is 2.23. The Morgan fingerprint density at radius 3 is 2.40 bits per heavy atom. The molecule has 0 amide bonds. The summed E-state index contributed by atoms with van der Waals surface area (Å²) in [6, 6.07) is 15.6. The Hall–Kier alpha value is -3.25. The number of methoxy groups -OCH3 is 2. The molecule has 158 valence electrons. The van der Waals surface area contributed by atoms with Crippen LogP contribution in [-0.4, -0.2) is 36.4 Å². The first-order chi connectivity index (χ1) is 14.5. The molecule has 0 saturated carbocycles. The number of rotatable bonds is 9. The number of hydrogen-bond donors (Lipinski definition) is 2.